The average Bonchev–Trinajstić information content (AvgIpc) is 3.35. The van der Waals surface area contributed by atoms with Crippen molar-refractivity contribution in [3.05, 3.63) is 108 Å². The minimum absolute atomic E-state index is 0. The first-order valence-corrected chi connectivity index (χ1v) is 21.7. The Labute approximate surface area is 582 Å². The summed E-state index contributed by atoms with van der Waals surface area (Å²) in [5, 5.41) is 34.8. The van der Waals surface area contributed by atoms with Gasteiger partial charge in [-0.05, 0) is 139 Å². The van der Waals surface area contributed by atoms with Gasteiger partial charge in [-0.15, -0.1) is 0 Å². The van der Waals surface area contributed by atoms with Gasteiger partial charge in [0.1, 0.15) is 39.8 Å². The minimum Gasteiger partial charge on any atom is -1.00 e. The number of halogens is 1. The van der Waals surface area contributed by atoms with Crippen LogP contribution >= 0.6 is 15.9 Å². The Hall–Kier alpha value is -2.46. The number of phenols is 2. The summed E-state index contributed by atoms with van der Waals surface area (Å²) in [7, 11) is 0.750. The molecule has 25 heteroatoms. The largest absolute Gasteiger partial charge is 1.00 e. The molecule has 0 atom stereocenters. The van der Waals surface area contributed by atoms with Gasteiger partial charge >= 0.3 is 197 Å². The molecule has 4 rings (SSSR count). The van der Waals surface area contributed by atoms with E-state index in [0.29, 0.717) is 65.9 Å². The van der Waals surface area contributed by atoms with Gasteiger partial charge in [0.2, 0.25) is 0 Å². The molecule has 0 bridgehead atoms. The van der Waals surface area contributed by atoms with E-state index in [1.807, 2.05) is 0 Å². The van der Waals surface area contributed by atoms with Gasteiger partial charge in [-0.3, -0.25) is 24.0 Å². The molecule has 0 fully saturated rings. The molecule has 74 heavy (non-hydrogen) atoms. The van der Waals surface area contributed by atoms with Gasteiger partial charge in [0, 0.05) is 18.1 Å². The first kappa shape index (κ1) is 85.5. The minimum atomic E-state index is -0.420. The molecule has 0 aliphatic carbocycles. The first-order chi connectivity index (χ1) is 33.4. The van der Waals surface area contributed by atoms with Crippen molar-refractivity contribution in [3.8, 4) is 34.5 Å². The predicted molar refractivity (Wildman–Crippen MR) is 258 cm³/mol. The summed E-state index contributed by atoms with van der Waals surface area (Å²) in [6.45, 7) is 12.2. The molecule has 4 aromatic rings. The molecule has 4 aromatic carbocycles. The topological polar surface area (TPSA) is 306 Å². The predicted octanol–water partition coefficient (Wildman–Crippen LogP) is -3.57. The van der Waals surface area contributed by atoms with E-state index in [0.717, 1.165) is 7.11 Å². The SMILES string of the molecule is C.CC(=O)c1ccc(O)cc1.CCOC(=O)CBr.CCOC(=O)COc1ccc(C(C)=O)cc1.CCOC(=O)COc1ccc(O)cc1.CCOC(=O)COc1ccc(OC(C)=O)cc1.C[O-].O=CO[O-].[Cs+].[Cs+].[H-].[Na+]. The number of carbonyl (C=O) groups is 8. The van der Waals surface area contributed by atoms with Crippen LogP contribution in [-0.2, 0) is 52.6 Å². The van der Waals surface area contributed by atoms with Crippen LogP contribution in [0.3, 0.4) is 0 Å². The summed E-state index contributed by atoms with van der Waals surface area (Å²) in [4.78, 5) is 86.6. The number of alkyl halides is 1. The van der Waals surface area contributed by atoms with E-state index in [1.54, 1.807) is 100 Å². The van der Waals surface area contributed by atoms with Gasteiger partial charge in [0.05, 0.1) is 26.4 Å². The van der Waals surface area contributed by atoms with Crippen LogP contribution in [0.1, 0.15) is 78.0 Å². The van der Waals surface area contributed by atoms with Crippen LogP contribution in [0.15, 0.2) is 97.1 Å². The zero-order chi connectivity index (χ0) is 53.7. The normalized spacial score (nSPS) is 8.47. The zero-order valence-corrected chi connectivity index (χ0v) is 59.1. The van der Waals surface area contributed by atoms with Gasteiger partial charge in [0.25, 0.3) is 6.47 Å². The molecule has 2 N–H and O–H groups in total. The van der Waals surface area contributed by atoms with Crippen molar-refractivity contribution in [2.24, 2.45) is 0 Å². The number of ether oxygens (including phenoxy) is 8. The van der Waals surface area contributed by atoms with Crippen LogP contribution in [0.5, 0.6) is 34.5 Å². The molecule has 0 saturated carbocycles. The Balaban J connectivity index is -0.000000122. The van der Waals surface area contributed by atoms with E-state index < -0.39 is 17.9 Å². The molecule has 0 spiro atoms. The van der Waals surface area contributed by atoms with E-state index in [4.69, 9.17) is 53.8 Å². The molecular weight excluding hydrogens is 1290 g/mol. The number of hydrogen-bond acceptors (Lipinski definition) is 21. The second-order valence-corrected chi connectivity index (χ2v) is 12.7. The number of aromatic hydroxyl groups is 2. The van der Waals surface area contributed by atoms with Gasteiger partial charge in [-0.25, -0.2) is 14.4 Å². The molecule has 0 aromatic heterocycles. The van der Waals surface area contributed by atoms with Crippen LogP contribution in [0.25, 0.3) is 0 Å². The van der Waals surface area contributed by atoms with Crippen molar-refractivity contribution in [2.45, 2.75) is 55.9 Å². The maximum atomic E-state index is 11.0. The van der Waals surface area contributed by atoms with E-state index in [9.17, 15) is 33.6 Å². The summed E-state index contributed by atoms with van der Waals surface area (Å²) < 4.78 is 38.9. The fraction of sp³-hybridized carbons (Fsp3) is 0.347. The van der Waals surface area contributed by atoms with E-state index >= 15 is 0 Å². The molecule has 0 heterocycles. The summed E-state index contributed by atoms with van der Waals surface area (Å²) in [5.41, 5.74) is 1.24. The summed E-state index contributed by atoms with van der Waals surface area (Å²) >= 11 is 2.94. The van der Waals surface area contributed by atoms with Crippen molar-refractivity contribution in [3.63, 3.8) is 0 Å². The third-order valence-corrected chi connectivity index (χ3v) is 7.35. The summed E-state index contributed by atoms with van der Waals surface area (Å²) in [5.74, 6) is 0.544. The molecule has 396 valence electrons. The third kappa shape index (κ3) is 51.6. The van der Waals surface area contributed by atoms with Gasteiger partial charge in [-0.1, -0.05) is 23.4 Å². The van der Waals surface area contributed by atoms with Crippen molar-refractivity contribution in [2.75, 3.05) is 58.7 Å². The average molecular weight is 1360 g/mol. The number of esters is 5. The Bertz CT molecular complexity index is 2090. The Kier molecular flexibility index (Phi) is 67.3. The van der Waals surface area contributed by atoms with Crippen LogP contribution in [-0.4, -0.2) is 117 Å². The van der Waals surface area contributed by atoms with E-state index in [2.05, 4.69) is 30.3 Å². The van der Waals surface area contributed by atoms with Gasteiger partial charge in [0.15, 0.2) is 31.4 Å². The fourth-order valence-corrected chi connectivity index (χ4v) is 4.19. The van der Waals surface area contributed by atoms with Crippen LogP contribution < -0.4 is 197 Å². The molecule has 0 radical (unpaired) electrons. The molecule has 0 aliphatic rings. The quantitative estimate of drug-likeness (QED) is 0.0112. The molecule has 21 nitrogen and oxygen atoms in total. The van der Waals surface area contributed by atoms with E-state index in [-0.39, 0.29) is 237 Å². The third-order valence-electron chi connectivity index (χ3n) is 6.90. The molecule has 0 saturated heterocycles. The van der Waals surface area contributed by atoms with E-state index in [1.165, 1.54) is 45.0 Å². The summed E-state index contributed by atoms with van der Waals surface area (Å²) in [6.07, 6.45) is 0. The van der Waals surface area contributed by atoms with Crippen molar-refractivity contribution in [1.82, 2.24) is 0 Å². The number of hydrogen-bond donors (Lipinski definition) is 2. The second-order valence-electron chi connectivity index (χ2n) is 12.2. The van der Waals surface area contributed by atoms with Crippen LogP contribution in [0.4, 0.5) is 0 Å². The Morgan fingerprint density at radius 1 is 0.514 bits per heavy atom. The maximum absolute atomic E-state index is 11.0. The van der Waals surface area contributed by atoms with Gasteiger partial charge < -0.3 is 64.8 Å². The maximum Gasteiger partial charge on any atom is 1.00 e. The number of carbonyl (C=O) groups excluding carboxylic acids is 8. The Morgan fingerprint density at radius 2 is 0.757 bits per heavy atom. The standard InChI is InChI=1S/C12H14O5.C12H14O4.C10H12O4.C8H8O2.C4H7BrO2.CH2O3.CH3O.CH4.2Cs.Na.H/c1-3-15-12(14)8-16-10-4-6-11(7-5-10)17-9(2)13;1-3-15-12(14)8-16-11-6-4-10(5-7-11)9(2)13;1-2-13-10(12)7-14-9-5-3-8(11)4-6-9;1-6(9)7-2-4-8(10)5-3-7;1-2-7-4(6)3-5;2-1-4-3;1-2;;;;;/h4-7H,3,8H2,1-2H3;4-7H,3,8H2,1-2H3;3-6,11H,2,7H2,1H3;2-5,10H,1H3;2-3H2,1H3;1,3H;1H3;1H4;;;;/q;;;;;;-1;;3*+1;-1/p-1. The monoisotopic (exact) mass is 1360 g/mol. The molecule has 0 amide bonds. The van der Waals surface area contributed by atoms with Crippen molar-refractivity contribution >= 4 is 63.8 Å². The number of phenolic OH excluding ortho intramolecular Hbond substituents is 2. The number of benzene rings is 4. The van der Waals surface area contributed by atoms with Crippen molar-refractivity contribution in [1.29, 1.82) is 0 Å². The Morgan fingerprint density at radius 3 is 1.00 bits per heavy atom. The molecular formula is C49H64BrCs2NaO21. The summed E-state index contributed by atoms with van der Waals surface area (Å²) in [6, 6.07) is 25.3. The number of ketones is 2. The van der Waals surface area contributed by atoms with Crippen molar-refractivity contribution < 1.29 is 270 Å². The smallest absolute Gasteiger partial charge is 1.00 e. The zero-order valence-electron chi connectivity index (χ0n) is 44.0. The number of rotatable bonds is 18. The second kappa shape index (κ2) is 58.2. The first-order valence-electron chi connectivity index (χ1n) is 20.6. The van der Waals surface area contributed by atoms with Crippen LogP contribution in [0, 0.1) is 0 Å². The van der Waals surface area contributed by atoms with Crippen LogP contribution in [0.2, 0.25) is 0 Å². The van der Waals surface area contributed by atoms with Gasteiger partial charge in [-0.2, -0.15) is 7.11 Å². The fourth-order valence-electron chi connectivity index (χ4n) is 4.03. The molecule has 0 aliphatic heterocycles. The molecule has 0 unspecified atom stereocenters. The number of Topliss-reactive ketones (excluding diaryl/α,β-unsaturated/α-hetero) is 2.